The van der Waals surface area contributed by atoms with Crippen molar-refractivity contribution in [1.29, 1.82) is 0 Å². The van der Waals surface area contributed by atoms with Crippen molar-refractivity contribution in [3.05, 3.63) is 48.5 Å². The molecule has 3 aromatic rings. The van der Waals surface area contributed by atoms with Crippen molar-refractivity contribution < 1.29 is 5.11 Å². The highest BCUT2D eigenvalue weighted by Crippen LogP contribution is 2.28. The minimum absolute atomic E-state index is 0.146. The molecule has 1 heterocycles. The minimum Gasteiger partial charge on any atom is -0.507 e. The number of rotatable bonds is 1. The monoisotopic (exact) mass is 237 g/mol. The zero-order valence-electron chi connectivity index (χ0n) is 9.54. The van der Waals surface area contributed by atoms with Crippen molar-refractivity contribution >= 4 is 16.7 Å². The molecule has 0 aliphatic carbocycles. The maximum absolute atomic E-state index is 9.81. The van der Waals surface area contributed by atoms with Gasteiger partial charge in [0.2, 0.25) is 0 Å². The zero-order chi connectivity index (χ0) is 12.5. The molecule has 3 N–H and O–H groups in total. The van der Waals surface area contributed by atoms with Gasteiger partial charge < -0.3 is 10.8 Å². The third kappa shape index (κ3) is 1.64. The number of fused-ring (bicyclic) bond motifs is 1. The molecular weight excluding hydrogens is 226 g/mol. The van der Waals surface area contributed by atoms with Crippen LogP contribution in [0.4, 0.5) is 5.82 Å². The van der Waals surface area contributed by atoms with Gasteiger partial charge in [0.1, 0.15) is 11.6 Å². The molecule has 4 nitrogen and oxygen atoms in total. The largest absolute Gasteiger partial charge is 0.507 e. The quantitative estimate of drug-likeness (QED) is 0.682. The zero-order valence-corrected chi connectivity index (χ0v) is 9.54. The van der Waals surface area contributed by atoms with Gasteiger partial charge in [0.05, 0.1) is 11.1 Å². The van der Waals surface area contributed by atoms with E-state index in [0.717, 1.165) is 10.9 Å². The van der Waals surface area contributed by atoms with Crippen molar-refractivity contribution in [2.45, 2.75) is 0 Å². The smallest absolute Gasteiger partial charge is 0.165 e. The summed E-state index contributed by atoms with van der Waals surface area (Å²) in [5.74, 6) is 0.996. The molecule has 0 aliphatic rings. The van der Waals surface area contributed by atoms with E-state index in [4.69, 9.17) is 5.73 Å². The number of aromatic nitrogens is 2. The van der Waals surface area contributed by atoms with Gasteiger partial charge >= 0.3 is 0 Å². The van der Waals surface area contributed by atoms with Gasteiger partial charge in [-0.25, -0.2) is 9.97 Å². The Labute approximate surface area is 104 Å². The fourth-order valence-electron chi connectivity index (χ4n) is 1.88. The van der Waals surface area contributed by atoms with Crippen molar-refractivity contribution in [3.63, 3.8) is 0 Å². The number of aromatic hydroxyl groups is 1. The standard InChI is InChI=1S/C14H11N3O/c15-13-9-5-1-3-7-11(9)16-14(17-13)10-6-2-4-8-12(10)18/h1-8,18H,(H2,15,16,17). The average Bonchev–Trinajstić information content (AvgIpc) is 2.39. The Morgan fingerprint density at radius 1 is 0.889 bits per heavy atom. The molecule has 0 bridgehead atoms. The van der Waals surface area contributed by atoms with E-state index < -0.39 is 0 Å². The summed E-state index contributed by atoms with van der Waals surface area (Å²) in [6, 6.07) is 14.5. The van der Waals surface area contributed by atoms with Crippen LogP contribution in [0.3, 0.4) is 0 Å². The molecule has 0 fully saturated rings. The lowest BCUT2D eigenvalue weighted by Gasteiger charge is -2.06. The van der Waals surface area contributed by atoms with Crippen LogP contribution in [-0.2, 0) is 0 Å². The molecule has 0 atom stereocenters. The minimum atomic E-state index is 0.146. The number of anilines is 1. The lowest BCUT2D eigenvalue weighted by molar-refractivity contribution is 0.477. The molecule has 18 heavy (non-hydrogen) atoms. The summed E-state index contributed by atoms with van der Waals surface area (Å²) in [6.07, 6.45) is 0. The summed E-state index contributed by atoms with van der Waals surface area (Å²) in [5.41, 5.74) is 7.26. The van der Waals surface area contributed by atoms with Crippen LogP contribution in [0, 0.1) is 0 Å². The molecule has 1 aromatic heterocycles. The van der Waals surface area contributed by atoms with E-state index in [0.29, 0.717) is 17.2 Å². The molecule has 2 aromatic carbocycles. The number of nitrogens with zero attached hydrogens (tertiary/aromatic N) is 2. The fraction of sp³-hybridized carbons (Fsp3) is 0. The highest BCUT2D eigenvalue weighted by atomic mass is 16.3. The molecule has 0 spiro atoms. The summed E-state index contributed by atoms with van der Waals surface area (Å²) >= 11 is 0. The number of phenols is 1. The molecular formula is C14H11N3O. The van der Waals surface area contributed by atoms with Crippen LogP contribution in [0.1, 0.15) is 0 Å². The van der Waals surface area contributed by atoms with Crippen LogP contribution in [0.25, 0.3) is 22.3 Å². The maximum Gasteiger partial charge on any atom is 0.165 e. The highest BCUT2D eigenvalue weighted by Gasteiger charge is 2.09. The van der Waals surface area contributed by atoms with Crippen LogP contribution >= 0.6 is 0 Å². The van der Waals surface area contributed by atoms with Gasteiger partial charge in [0.15, 0.2) is 5.82 Å². The maximum atomic E-state index is 9.81. The molecule has 0 saturated heterocycles. The first-order valence-corrected chi connectivity index (χ1v) is 5.56. The number of para-hydroxylation sites is 2. The van der Waals surface area contributed by atoms with Gasteiger partial charge in [-0.3, -0.25) is 0 Å². The second-order valence-electron chi connectivity index (χ2n) is 3.97. The van der Waals surface area contributed by atoms with Crippen molar-refractivity contribution in [2.24, 2.45) is 0 Å². The molecule has 4 heteroatoms. The molecule has 0 unspecified atom stereocenters. The molecule has 0 radical (unpaired) electrons. The van der Waals surface area contributed by atoms with E-state index in [-0.39, 0.29) is 5.75 Å². The average molecular weight is 237 g/mol. The Morgan fingerprint density at radius 3 is 2.44 bits per heavy atom. The van der Waals surface area contributed by atoms with Gasteiger partial charge in [-0.1, -0.05) is 24.3 Å². The Morgan fingerprint density at radius 2 is 1.61 bits per heavy atom. The van der Waals surface area contributed by atoms with Gasteiger partial charge in [0, 0.05) is 5.39 Å². The van der Waals surface area contributed by atoms with Crippen molar-refractivity contribution in [3.8, 4) is 17.1 Å². The van der Waals surface area contributed by atoms with Gasteiger partial charge in [0.25, 0.3) is 0 Å². The van der Waals surface area contributed by atoms with Gasteiger partial charge in [-0.15, -0.1) is 0 Å². The van der Waals surface area contributed by atoms with Crippen LogP contribution in [0.2, 0.25) is 0 Å². The first-order valence-electron chi connectivity index (χ1n) is 5.56. The third-order valence-corrected chi connectivity index (χ3v) is 2.78. The van der Waals surface area contributed by atoms with Crippen molar-refractivity contribution in [1.82, 2.24) is 9.97 Å². The van der Waals surface area contributed by atoms with Crippen LogP contribution < -0.4 is 5.73 Å². The summed E-state index contributed by atoms with van der Waals surface area (Å²) < 4.78 is 0. The van der Waals surface area contributed by atoms with E-state index in [2.05, 4.69) is 9.97 Å². The second kappa shape index (κ2) is 4.00. The van der Waals surface area contributed by atoms with E-state index in [1.54, 1.807) is 18.2 Å². The topological polar surface area (TPSA) is 72.0 Å². The number of hydrogen-bond donors (Lipinski definition) is 2. The highest BCUT2D eigenvalue weighted by molar-refractivity contribution is 5.89. The summed E-state index contributed by atoms with van der Waals surface area (Å²) in [7, 11) is 0. The molecule has 0 amide bonds. The van der Waals surface area contributed by atoms with Crippen LogP contribution in [0.15, 0.2) is 48.5 Å². The molecule has 88 valence electrons. The number of benzene rings is 2. The predicted molar refractivity (Wildman–Crippen MR) is 71.1 cm³/mol. The first kappa shape index (κ1) is 10.5. The number of hydrogen-bond acceptors (Lipinski definition) is 4. The lowest BCUT2D eigenvalue weighted by Crippen LogP contribution is -1.97. The summed E-state index contributed by atoms with van der Waals surface area (Å²) in [6.45, 7) is 0. The summed E-state index contributed by atoms with van der Waals surface area (Å²) in [5, 5.41) is 10.6. The number of phenolic OH excluding ortho intramolecular Hbond substituents is 1. The van der Waals surface area contributed by atoms with Gasteiger partial charge in [-0.2, -0.15) is 0 Å². The van der Waals surface area contributed by atoms with Crippen molar-refractivity contribution in [2.75, 3.05) is 5.73 Å². The number of nitrogens with two attached hydrogens (primary N) is 1. The fourth-order valence-corrected chi connectivity index (χ4v) is 1.88. The third-order valence-electron chi connectivity index (χ3n) is 2.78. The second-order valence-corrected chi connectivity index (χ2v) is 3.97. The van der Waals surface area contributed by atoms with Crippen LogP contribution in [0.5, 0.6) is 5.75 Å². The normalized spacial score (nSPS) is 10.7. The molecule has 0 saturated carbocycles. The lowest BCUT2D eigenvalue weighted by atomic mass is 10.1. The van der Waals surface area contributed by atoms with E-state index >= 15 is 0 Å². The van der Waals surface area contributed by atoms with E-state index in [9.17, 15) is 5.11 Å². The van der Waals surface area contributed by atoms with E-state index in [1.807, 2.05) is 30.3 Å². The number of nitrogen functional groups attached to an aromatic ring is 1. The SMILES string of the molecule is Nc1nc(-c2ccccc2O)nc2ccccc12. The Hall–Kier alpha value is -2.62. The molecule has 3 rings (SSSR count). The molecule has 0 aliphatic heterocycles. The summed E-state index contributed by atoms with van der Waals surface area (Å²) in [4.78, 5) is 8.66. The Balaban J connectivity index is 2.28. The first-order chi connectivity index (χ1) is 8.75. The predicted octanol–water partition coefficient (Wildman–Crippen LogP) is 2.58. The van der Waals surface area contributed by atoms with Crippen LogP contribution in [-0.4, -0.2) is 15.1 Å². The van der Waals surface area contributed by atoms with Gasteiger partial charge in [-0.05, 0) is 24.3 Å². The van der Waals surface area contributed by atoms with E-state index in [1.165, 1.54) is 0 Å². The Kier molecular flexibility index (Phi) is 2.34. The Bertz CT molecular complexity index is 725.